The van der Waals surface area contributed by atoms with E-state index < -0.39 is 12.3 Å². The number of rotatable bonds is 4. The van der Waals surface area contributed by atoms with E-state index in [2.05, 4.69) is 4.98 Å². The van der Waals surface area contributed by atoms with Crippen LogP contribution in [0.1, 0.15) is 19.8 Å². The lowest BCUT2D eigenvalue weighted by Crippen LogP contribution is -2.34. The predicted octanol–water partition coefficient (Wildman–Crippen LogP) is 3.80. The molecule has 0 N–H and O–H groups in total. The average molecular weight is 345 g/mol. The molecule has 1 unspecified atom stereocenters. The molecule has 0 bridgehead atoms. The molecule has 0 saturated heterocycles. The predicted molar refractivity (Wildman–Crippen MR) is 62.3 cm³/mol. The normalized spacial score (nSPS) is 13.6. The molecule has 16 heavy (non-hydrogen) atoms. The highest BCUT2D eigenvalue weighted by Crippen LogP contribution is 2.27. The molecule has 90 valence electrons. The van der Waals surface area contributed by atoms with Crippen molar-refractivity contribution in [3.05, 3.63) is 21.9 Å². The zero-order chi connectivity index (χ0) is 12.2. The van der Waals surface area contributed by atoms with E-state index in [1.165, 1.54) is 12.3 Å². The maximum absolute atomic E-state index is 12.5. The Hall–Kier alpha value is -0.530. The number of halogens is 4. The summed E-state index contributed by atoms with van der Waals surface area (Å²) in [7, 11) is 0. The molecule has 1 rings (SSSR count). The SMILES string of the molecule is CCCC(Oc1ccc(I)cn1)C(F)(F)F. The quantitative estimate of drug-likeness (QED) is 0.775. The first kappa shape index (κ1) is 13.5. The van der Waals surface area contributed by atoms with Crippen molar-refractivity contribution in [2.75, 3.05) is 0 Å². The monoisotopic (exact) mass is 345 g/mol. The number of alkyl halides is 3. The number of nitrogens with zero attached hydrogens (tertiary/aromatic N) is 1. The van der Waals surface area contributed by atoms with E-state index in [-0.39, 0.29) is 12.3 Å². The summed E-state index contributed by atoms with van der Waals surface area (Å²) in [5, 5.41) is 0. The third-order valence-electron chi connectivity index (χ3n) is 1.88. The topological polar surface area (TPSA) is 22.1 Å². The summed E-state index contributed by atoms with van der Waals surface area (Å²) in [4.78, 5) is 3.78. The Balaban J connectivity index is 2.72. The molecule has 0 fully saturated rings. The molecular formula is C10H11F3INO. The summed E-state index contributed by atoms with van der Waals surface area (Å²) in [6.45, 7) is 1.68. The van der Waals surface area contributed by atoms with Crippen LogP contribution in [0, 0.1) is 3.57 Å². The number of aromatic nitrogens is 1. The van der Waals surface area contributed by atoms with Crippen LogP contribution in [-0.2, 0) is 0 Å². The van der Waals surface area contributed by atoms with Gasteiger partial charge in [0.15, 0.2) is 6.10 Å². The third kappa shape index (κ3) is 4.15. The standard InChI is InChI=1S/C10H11F3INO/c1-2-3-8(10(11,12)13)16-9-5-4-7(14)6-15-9/h4-6,8H,2-3H2,1H3. The summed E-state index contributed by atoms with van der Waals surface area (Å²) in [6, 6.07) is 3.10. The van der Waals surface area contributed by atoms with Crippen LogP contribution in [0.25, 0.3) is 0 Å². The molecule has 0 amide bonds. The van der Waals surface area contributed by atoms with Crippen molar-refractivity contribution in [2.24, 2.45) is 0 Å². The van der Waals surface area contributed by atoms with Crippen molar-refractivity contribution >= 4 is 22.6 Å². The Bertz CT molecular complexity index is 326. The van der Waals surface area contributed by atoms with Crippen molar-refractivity contribution in [1.29, 1.82) is 0 Å². The van der Waals surface area contributed by atoms with Crippen molar-refractivity contribution in [2.45, 2.75) is 32.0 Å². The fraction of sp³-hybridized carbons (Fsp3) is 0.500. The number of pyridine rings is 1. The lowest BCUT2D eigenvalue weighted by molar-refractivity contribution is -0.197. The maximum Gasteiger partial charge on any atom is 0.425 e. The minimum atomic E-state index is -4.35. The van der Waals surface area contributed by atoms with Gasteiger partial charge in [0.25, 0.3) is 0 Å². The summed E-state index contributed by atoms with van der Waals surface area (Å²) >= 11 is 2.02. The van der Waals surface area contributed by atoms with E-state index in [4.69, 9.17) is 4.74 Å². The van der Waals surface area contributed by atoms with Crippen LogP contribution in [0.2, 0.25) is 0 Å². The van der Waals surface area contributed by atoms with Crippen LogP contribution >= 0.6 is 22.6 Å². The molecule has 0 aliphatic heterocycles. The Labute approximate surface area is 105 Å². The molecule has 0 aliphatic rings. The minimum absolute atomic E-state index is 0.0104. The number of hydrogen-bond donors (Lipinski definition) is 0. The second kappa shape index (κ2) is 5.70. The van der Waals surface area contributed by atoms with Gasteiger partial charge in [0.2, 0.25) is 5.88 Å². The van der Waals surface area contributed by atoms with Crippen LogP contribution < -0.4 is 4.74 Å². The van der Waals surface area contributed by atoms with E-state index in [1.54, 1.807) is 13.0 Å². The summed E-state index contributed by atoms with van der Waals surface area (Å²) in [5.74, 6) is 0.0104. The second-order valence-corrected chi connectivity index (χ2v) is 4.50. The lowest BCUT2D eigenvalue weighted by atomic mass is 10.2. The molecule has 1 aromatic heterocycles. The first-order valence-corrected chi connectivity index (χ1v) is 5.86. The molecule has 0 aromatic carbocycles. The van der Waals surface area contributed by atoms with Gasteiger partial charge in [-0.05, 0) is 35.1 Å². The van der Waals surface area contributed by atoms with Gasteiger partial charge in [-0.1, -0.05) is 13.3 Å². The summed E-state index contributed by atoms with van der Waals surface area (Å²) in [6.07, 6.45) is -4.30. The van der Waals surface area contributed by atoms with Crippen LogP contribution in [0.5, 0.6) is 5.88 Å². The highest BCUT2D eigenvalue weighted by molar-refractivity contribution is 14.1. The first-order chi connectivity index (χ1) is 7.43. The third-order valence-corrected chi connectivity index (χ3v) is 2.52. The van der Waals surface area contributed by atoms with Crippen molar-refractivity contribution in [3.63, 3.8) is 0 Å². The molecule has 1 heterocycles. The zero-order valence-corrected chi connectivity index (χ0v) is 10.7. The zero-order valence-electron chi connectivity index (χ0n) is 8.59. The van der Waals surface area contributed by atoms with Gasteiger partial charge in [-0.25, -0.2) is 4.98 Å². The number of ether oxygens (including phenoxy) is 1. The fourth-order valence-electron chi connectivity index (χ4n) is 1.13. The van der Waals surface area contributed by atoms with Gasteiger partial charge in [-0.3, -0.25) is 0 Å². The molecule has 2 nitrogen and oxygen atoms in total. The molecule has 1 aromatic rings. The van der Waals surface area contributed by atoms with Crippen LogP contribution in [0.4, 0.5) is 13.2 Å². The van der Waals surface area contributed by atoms with Gasteiger partial charge < -0.3 is 4.74 Å². The Morgan fingerprint density at radius 3 is 2.56 bits per heavy atom. The second-order valence-electron chi connectivity index (χ2n) is 3.25. The Morgan fingerprint density at radius 1 is 1.44 bits per heavy atom. The van der Waals surface area contributed by atoms with Gasteiger partial charge in [-0.15, -0.1) is 0 Å². The largest absolute Gasteiger partial charge is 0.465 e. The van der Waals surface area contributed by atoms with Gasteiger partial charge in [-0.2, -0.15) is 13.2 Å². The molecule has 1 atom stereocenters. The van der Waals surface area contributed by atoms with E-state index >= 15 is 0 Å². The summed E-state index contributed by atoms with van der Waals surface area (Å²) in [5.41, 5.74) is 0. The van der Waals surface area contributed by atoms with Crippen molar-refractivity contribution < 1.29 is 17.9 Å². The average Bonchev–Trinajstić information content (AvgIpc) is 2.19. The highest BCUT2D eigenvalue weighted by Gasteiger charge is 2.41. The minimum Gasteiger partial charge on any atom is -0.465 e. The fourth-order valence-corrected chi connectivity index (χ4v) is 1.45. The molecule has 0 aliphatic carbocycles. The van der Waals surface area contributed by atoms with Gasteiger partial charge in [0, 0.05) is 15.8 Å². The molecular weight excluding hydrogens is 334 g/mol. The van der Waals surface area contributed by atoms with Gasteiger partial charge in [0.1, 0.15) is 0 Å². The lowest BCUT2D eigenvalue weighted by Gasteiger charge is -2.20. The summed E-state index contributed by atoms with van der Waals surface area (Å²) < 4.78 is 43.2. The number of hydrogen-bond acceptors (Lipinski definition) is 2. The molecule has 0 radical (unpaired) electrons. The van der Waals surface area contributed by atoms with E-state index in [0.717, 1.165) is 3.57 Å². The van der Waals surface area contributed by atoms with Crippen molar-refractivity contribution in [1.82, 2.24) is 4.98 Å². The van der Waals surface area contributed by atoms with Gasteiger partial charge >= 0.3 is 6.18 Å². The van der Waals surface area contributed by atoms with Crippen LogP contribution in [0.15, 0.2) is 18.3 Å². The van der Waals surface area contributed by atoms with E-state index in [1.807, 2.05) is 22.6 Å². The Morgan fingerprint density at radius 2 is 2.12 bits per heavy atom. The molecule has 6 heteroatoms. The smallest absolute Gasteiger partial charge is 0.425 e. The highest BCUT2D eigenvalue weighted by atomic mass is 127. The van der Waals surface area contributed by atoms with Crippen molar-refractivity contribution in [3.8, 4) is 5.88 Å². The maximum atomic E-state index is 12.5. The molecule has 0 spiro atoms. The van der Waals surface area contributed by atoms with E-state index in [0.29, 0.717) is 6.42 Å². The first-order valence-electron chi connectivity index (χ1n) is 4.78. The van der Waals surface area contributed by atoms with Gasteiger partial charge in [0.05, 0.1) is 0 Å². The van der Waals surface area contributed by atoms with Crippen LogP contribution in [0.3, 0.4) is 0 Å². The molecule has 0 saturated carbocycles. The van der Waals surface area contributed by atoms with Crippen LogP contribution in [-0.4, -0.2) is 17.3 Å². The van der Waals surface area contributed by atoms with E-state index in [9.17, 15) is 13.2 Å². The Kier molecular flexibility index (Phi) is 4.82.